The molecule has 0 spiro atoms. The molecule has 1 aliphatic rings. The van der Waals surface area contributed by atoms with Crippen molar-refractivity contribution < 1.29 is 4.21 Å². The molecular weight excluding hydrogens is 134 g/mol. The van der Waals surface area contributed by atoms with Gasteiger partial charge in [0.25, 0.3) is 0 Å². The fraction of sp³-hybridized carbons (Fsp3) is 0.667. The summed E-state index contributed by atoms with van der Waals surface area (Å²) in [5, 5.41) is 1.49. The normalized spacial score (nSPS) is 24.0. The first-order valence-corrected chi connectivity index (χ1v) is 4.30. The van der Waals surface area contributed by atoms with Crippen LogP contribution in [0.3, 0.4) is 0 Å². The van der Waals surface area contributed by atoms with Crippen LogP contribution in [0.4, 0.5) is 0 Å². The van der Waals surface area contributed by atoms with Crippen LogP contribution in [-0.4, -0.2) is 21.6 Å². The molecule has 1 aliphatic heterocycles. The van der Waals surface area contributed by atoms with E-state index >= 15 is 0 Å². The van der Waals surface area contributed by atoms with Gasteiger partial charge in [-0.1, -0.05) is 6.58 Å². The Morgan fingerprint density at radius 1 is 1.44 bits per heavy atom. The molecule has 0 aromatic rings. The maximum atomic E-state index is 10.9. The first-order valence-electron chi connectivity index (χ1n) is 3.13. The molecule has 1 heterocycles. The predicted octanol–water partition coefficient (Wildman–Crippen LogP) is 0.889. The largest absolute Gasteiger partial charge is 0.238 e. The Kier molecular flexibility index (Phi) is 2.42. The van der Waals surface area contributed by atoms with Crippen LogP contribution >= 0.6 is 0 Å². The fourth-order valence-electron chi connectivity index (χ4n) is 0.973. The molecule has 0 amide bonds. The molecule has 0 bridgehead atoms. The Bertz CT molecular complexity index is 129. The highest BCUT2D eigenvalue weighted by atomic mass is 32.2. The highest BCUT2D eigenvalue weighted by Gasteiger charge is 2.14. The molecule has 0 aromatic carbocycles. The zero-order chi connectivity index (χ0) is 6.69. The van der Waals surface area contributed by atoms with Crippen LogP contribution in [-0.2, 0) is 11.0 Å². The molecule has 1 fully saturated rings. The quantitative estimate of drug-likeness (QED) is 0.565. The van der Waals surface area contributed by atoms with Crippen molar-refractivity contribution in [2.45, 2.75) is 12.8 Å². The Labute approximate surface area is 58.1 Å². The maximum absolute atomic E-state index is 10.9. The molecule has 1 atom stereocenters. The molecule has 52 valence electrons. The lowest BCUT2D eigenvalue weighted by Gasteiger charge is -2.08. The van der Waals surface area contributed by atoms with Gasteiger partial charge in [0, 0.05) is 18.5 Å². The molecule has 2 nitrogen and oxygen atoms in total. The van der Waals surface area contributed by atoms with Gasteiger partial charge in [0.15, 0.2) is 0 Å². The Morgan fingerprint density at radius 3 is 2.44 bits per heavy atom. The second-order valence-corrected chi connectivity index (χ2v) is 3.48. The van der Waals surface area contributed by atoms with Crippen LogP contribution in [0.2, 0.25) is 0 Å². The highest BCUT2D eigenvalue weighted by molar-refractivity contribution is 7.85. The molecule has 1 unspecified atom stereocenters. The molecule has 0 saturated carbocycles. The second-order valence-electron chi connectivity index (χ2n) is 2.08. The summed E-state index contributed by atoms with van der Waals surface area (Å²) in [6, 6.07) is 0. The van der Waals surface area contributed by atoms with Gasteiger partial charge in [0.1, 0.15) is 11.0 Å². The molecule has 0 N–H and O–H groups in total. The smallest absolute Gasteiger partial charge is 0.119 e. The minimum Gasteiger partial charge on any atom is -0.238 e. The zero-order valence-electron chi connectivity index (χ0n) is 5.38. The van der Waals surface area contributed by atoms with Crippen molar-refractivity contribution in [2.75, 3.05) is 13.1 Å². The van der Waals surface area contributed by atoms with E-state index in [1.54, 1.807) is 0 Å². The predicted molar refractivity (Wildman–Crippen MR) is 39.1 cm³/mol. The van der Waals surface area contributed by atoms with Crippen LogP contribution in [0.5, 0.6) is 0 Å². The van der Waals surface area contributed by atoms with E-state index in [0.717, 1.165) is 13.1 Å². The molecule has 0 aliphatic carbocycles. The lowest BCUT2D eigenvalue weighted by molar-refractivity contribution is 0.542. The second kappa shape index (κ2) is 3.13. The van der Waals surface area contributed by atoms with Crippen molar-refractivity contribution in [3.63, 3.8) is 0 Å². The summed E-state index contributed by atoms with van der Waals surface area (Å²) >= 11 is 0. The van der Waals surface area contributed by atoms with Crippen molar-refractivity contribution in [1.82, 2.24) is 4.31 Å². The molecule has 9 heavy (non-hydrogen) atoms. The van der Waals surface area contributed by atoms with E-state index in [1.165, 1.54) is 18.2 Å². The van der Waals surface area contributed by atoms with Gasteiger partial charge >= 0.3 is 0 Å². The van der Waals surface area contributed by atoms with Crippen molar-refractivity contribution in [1.29, 1.82) is 0 Å². The van der Waals surface area contributed by atoms with Gasteiger partial charge in [0.05, 0.1) is 0 Å². The zero-order valence-corrected chi connectivity index (χ0v) is 6.19. The first-order chi connectivity index (χ1) is 4.34. The Balaban J connectivity index is 2.41. The summed E-state index contributed by atoms with van der Waals surface area (Å²) in [5.41, 5.74) is 0. The Hall–Kier alpha value is -0.150. The maximum Gasteiger partial charge on any atom is 0.119 e. The van der Waals surface area contributed by atoms with E-state index in [2.05, 4.69) is 6.58 Å². The molecule has 1 saturated heterocycles. The topological polar surface area (TPSA) is 20.3 Å². The van der Waals surface area contributed by atoms with Gasteiger partial charge in [-0.3, -0.25) is 0 Å². The van der Waals surface area contributed by atoms with E-state index in [9.17, 15) is 4.21 Å². The molecule has 1 rings (SSSR count). The fourth-order valence-corrected chi connectivity index (χ4v) is 1.80. The number of nitrogens with zero attached hydrogens (tertiary/aromatic N) is 1. The lowest BCUT2D eigenvalue weighted by atomic mass is 10.4. The van der Waals surface area contributed by atoms with Crippen molar-refractivity contribution in [2.24, 2.45) is 0 Å². The number of hydrogen-bond donors (Lipinski definition) is 0. The van der Waals surface area contributed by atoms with Gasteiger partial charge in [-0.05, 0) is 12.8 Å². The van der Waals surface area contributed by atoms with Gasteiger partial charge in [-0.2, -0.15) is 0 Å². The van der Waals surface area contributed by atoms with Crippen LogP contribution in [0, 0.1) is 0 Å². The van der Waals surface area contributed by atoms with Crippen LogP contribution in [0.15, 0.2) is 12.0 Å². The lowest BCUT2D eigenvalue weighted by Crippen LogP contribution is -2.19. The van der Waals surface area contributed by atoms with E-state index < -0.39 is 11.0 Å². The van der Waals surface area contributed by atoms with Crippen LogP contribution < -0.4 is 0 Å². The van der Waals surface area contributed by atoms with Gasteiger partial charge < -0.3 is 0 Å². The Morgan fingerprint density at radius 2 is 2.00 bits per heavy atom. The van der Waals surface area contributed by atoms with Gasteiger partial charge in [-0.25, -0.2) is 8.51 Å². The summed E-state index contributed by atoms with van der Waals surface area (Å²) in [4.78, 5) is 0. The SMILES string of the molecule is C=CS(=O)N1CCCC1. The average molecular weight is 145 g/mol. The minimum atomic E-state index is -0.905. The van der Waals surface area contributed by atoms with E-state index in [4.69, 9.17) is 0 Å². The molecule has 0 radical (unpaired) electrons. The average Bonchev–Trinajstić information content (AvgIpc) is 2.37. The van der Waals surface area contributed by atoms with Crippen molar-refractivity contribution in [3.8, 4) is 0 Å². The third kappa shape index (κ3) is 1.63. The molecule has 0 aromatic heterocycles. The van der Waals surface area contributed by atoms with Crippen molar-refractivity contribution >= 4 is 11.0 Å². The first kappa shape index (κ1) is 6.96. The van der Waals surface area contributed by atoms with Gasteiger partial charge in [0.2, 0.25) is 0 Å². The molecule has 3 heteroatoms. The van der Waals surface area contributed by atoms with Crippen molar-refractivity contribution in [3.05, 3.63) is 12.0 Å². The summed E-state index contributed by atoms with van der Waals surface area (Å²) in [7, 11) is -0.905. The molecular formula is C6H11NOS. The monoisotopic (exact) mass is 145 g/mol. The van der Waals surface area contributed by atoms with Crippen LogP contribution in [0.1, 0.15) is 12.8 Å². The minimum absolute atomic E-state index is 0.905. The highest BCUT2D eigenvalue weighted by Crippen LogP contribution is 2.09. The van der Waals surface area contributed by atoms with E-state index in [-0.39, 0.29) is 0 Å². The summed E-state index contributed by atoms with van der Waals surface area (Å²) in [6.45, 7) is 5.41. The van der Waals surface area contributed by atoms with Gasteiger partial charge in [-0.15, -0.1) is 0 Å². The standard InChI is InChI=1S/C6H11NOS/c1-2-9(8)7-5-3-4-6-7/h2H,1,3-6H2. The summed E-state index contributed by atoms with van der Waals surface area (Å²) in [5.74, 6) is 0. The number of rotatable bonds is 2. The summed E-state index contributed by atoms with van der Waals surface area (Å²) < 4.78 is 12.9. The number of hydrogen-bond acceptors (Lipinski definition) is 1. The third-order valence-electron chi connectivity index (χ3n) is 1.46. The van der Waals surface area contributed by atoms with Crippen LogP contribution in [0.25, 0.3) is 0 Å². The summed E-state index contributed by atoms with van der Waals surface area (Å²) in [6.07, 6.45) is 2.36. The third-order valence-corrected chi connectivity index (χ3v) is 2.62. The van der Waals surface area contributed by atoms with E-state index in [1.807, 2.05) is 4.31 Å². The van der Waals surface area contributed by atoms with E-state index in [0.29, 0.717) is 0 Å².